The normalized spacial score (nSPS) is 38.7. The molecule has 0 aromatic carbocycles. The fraction of sp³-hybridized carbons (Fsp3) is 0.556. The highest BCUT2D eigenvalue weighted by atomic mass is 32.1. The molecule has 178 valence electrons. The first kappa shape index (κ1) is 22.1. The number of carbonyl (C=O) groups is 2. The molecule has 6 rings (SSSR count). The van der Waals surface area contributed by atoms with Crippen LogP contribution in [0.1, 0.15) is 46.0 Å². The van der Waals surface area contributed by atoms with E-state index in [4.69, 9.17) is 0 Å². The molecule has 6 nitrogen and oxygen atoms in total. The van der Waals surface area contributed by atoms with Gasteiger partial charge in [-0.05, 0) is 73.6 Å². The molecule has 2 heterocycles. The van der Waals surface area contributed by atoms with E-state index >= 15 is 0 Å². The number of ketones is 2. The molecular weight excluding hydrogens is 446 g/mol. The maximum Gasteiger partial charge on any atom is 0.185 e. The molecule has 2 N–H and O–H groups in total. The Morgan fingerprint density at radius 3 is 2.97 bits per heavy atom. The van der Waals surface area contributed by atoms with Crippen LogP contribution in [0.25, 0.3) is 10.3 Å². The van der Waals surface area contributed by atoms with Gasteiger partial charge < -0.3 is 10.4 Å². The van der Waals surface area contributed by atoms with E-state index in [9.17, 15) is 14.7 Å². The van der Waals surface area contributed by atoms with E-state index in [1.165, 1.54) is 16.9 Å². The van der Waals surface area contributed by atoms with Crippen molar-refractivity contribution in [1.29, 1.82) is 0 Å². The average Bonchev–Trinajstić information content (AvgIpc) is 3.37. The molecule has 0 radical (unpaired) electrons. The van der Waals surface area contributed by atoms with Gasteiger partial charge in [-0.1, -0.05) is 36.8 Å². The van der Waals surface area contributed by atoms with Gasteiger partial charge in [0.05, 0.1) is 12.6 Å². The van der Waals surface area contributed by atoms with Gasteiger partial charge in [-0.2, -0.15) is 0 Å². The molecule has 0 amide bonds. The molecule has 4 aliphatic carbocycles. The third-order valence-corrected chi connectivity index (χ3v) is 10.4. The Morgan fingerprint density at radius 2 is 2.15 bits per heavy atom. The van der Waals surface area contributed by atoms with Crippen LogP contribution in [0, 0.1) is 34.5 Å². The summed E-state index contributed by atoms with van der Waals surface area (Å²) in [6.45, 7) is 4.69. The summed E-state index contributed by atoms with van der Waals surface area (Å²) in [6, 6.07) is 3.79. The van der Waals surface area contributed by atoms with Gasteiger partial charge in [-0.25, -0.2) is 9.97 Å². The van der Waals surface area contributed by atoms with Crippen LogP contribution >= 0.6 is 11.3 Å². The topological polar surface area (TPSA) is 92.2 Å². The minimum Gasteiger partial charge on any atom is -0.393 e. The van der Waals surface area contributed by atoms with Gasteiger partial charge in [0.25, 0.3) is 0 Å². The molecule has 0 bridgehead atoms. The Kier molecular flexibility index (Phi) is 5.08. The van der Waals surface area contributed by atoms with E-state index in [1.54, 1.807) is 18.3 Å². The summed E-state index contributed by atoms with van der Waals surface area (Å²) >= 11 is 1.47. The number of pyridine rings is 1. The molecule has 34 heavy (non-hydrogen) atoms. The molecule has 2 aromatic rings. The van der Waals surface area contributed by atoms with E-state index in [-0.39, 0.29) is 40.8 Å². The van der Waals surface area contributed by atoms with Gasteiger partial charge in [0.1, 0.15) is 10.3 Å². The number of aromatic nitrogens is 2. The molecule has 7 atom stereocenters. The maximum absolute atomic E-state index is 13.4. The number of thiazole rings is 1. The molecule has 6 unspecified atom stereocenters. The summed E-state index contributed by atoms with van der Waals surface area (Å²) in [7, 11) is 0. The number of hydrogen-bond donors (Lipinski definition) is 2. The first-order chi connectivity index (χ1) is 16.3. The molecule has 0 saturated heterocycles. The number of carbonyl (C=O) groups excluding carboxylic acids is 2. The lowest BCUT2D eigenvalue weighted by molar-refractivity contribution is -0.137. The second-order valence-electron chi connectivity index (χ2n) is 11.1. The highest BCUT2D eigenvalue weighted by Gasteiger charge is 2.62. The number of allylic oxidation sites excluding steroid dienone is 4. The number of aliphatic hydroxyl groups is 1. The molecule has 4 aliphatic rings. The molecule has 3 fully saturated rings. The number of Topliss-reactive ketones (excluding diaryl/α,β-unsaturated/α-hetero) is 1. The number of hydrogen-bond acceptors (Lipinski definition) is 7. The van der Waals surface area contributed by atoms with E-state index < -0.39 is 6.10 Å². The van der Waals surface area contributed by atoms with Gasteiger partial charge in [-0.15, -0.1) is 0 Å². The van der Waals surface area contributed by atoms with E-state index in [0.717, 1.165) is 41.2 Å². The van der Waals surface area contributed by atoms with Crippen molar-refractivity contribution in [2.45, 2.75) is 52.1 Å². The number of fused-ring (bicyclic) bond motifs is 6. The molecular formula is C27H31N3O3S. The maximum atomic E-state index is 13.4. The standard InChI is InChI=1S/C27H31N3O3S/c1-26-10-9-16(31)12-15(26)5-6-17-18-7-8-19(27(18,2)13-21(32)23(17)26)22(33)14-29-25-30-20-4-3-11-28-24(20)34-25/h3-4,9-12,17-19,21,23,32H,5-8,13-14H2,1-2H3,(H,29,30)/t17?,18?,19?,21-,23?,26?,27?/m0/s1. The zero-order chi connectivity index (χ0) is 23.7. The van der Waals surface area contributed by atoms with Crippen molar-refractivity contribution in [2.75, 3.05) is 11.9 Å². The Balaban J connectivity index is 1.21. The van der Waals surface area contributed by atoms with Gasteiger partial charge >= 0.3 is 0 Å². The highest BCUT2D eigenvalue weighted by molar-refractivity contribution is 7.21. The van der Waals surface area contributed by atoms with Crippen LogP contribution in [0.4, 0.5) is 5.13 Å². The molecule has 0 aliphatic heterocycles. The van der Waals surface area contributed by atoms with E-state index in [0.29, 0.717) is 18.3 Å². The first-order valence-electron chi connectivity index (χ1n) is 12.4. The monoisotopic (exact) mass is 477 g/mol. The van der Waals surface area contributed by atoms with Crippen LogP contribution in [0.2, 0.25) is 0 Å². The first-order valence-corrected chi connectivity index (χ1v) is 13.2. The summed E-state index contributed by atoms with van der Waals surface area (Å²) in [6.07, 6.45) is 11.2. The fourth-order valence-electron chi connectivity index (χ4n) is 7.99. The molecule has 2 aromatic heterocycles. The molecule has 0 spiro atoms. The van der Waals surface area contributed by atoms with Crippen LogP contribution in [0.15, 0.2) is 42.1 Å². The van der Waals surface area contributed by atoms with Crippen LogP contribution < -0.4 is 5.32 Å². The van der Waals surface area contributed by atoms with Crippen molar-refractivity contribution < 1.29 is 14.7 Å². The summed E-state index contributed by atoms with van der Waals surface area (Å²) < 4.78 is 0. The lowest BCUT2D eigenvalue weighted by Gasteiger charge is -2.58. The van der Waals surface area contributed by atoms with Crippen LogP contribution in [0.3, 0.4) is 0 Å². The fourth-order valence-corrected chi connectivity index (χ4v) is 8.79. The largest absolute Gasteiger partial charge is 0.393 e. The van der Waals surface area contributed by atoms with Gasteiger partial charge in [0, 0.05) is 23.4 Å². The van der Waals surface area contributed by atoms with Crippen molar-refractivity contribution >= 4 is 38.4 Å². The molecule has 7 heteroatoms. The van der Waals surface area contributed by atoms with Gasteiger partial charge in [-0.3, -0.25) is 9.59 Å². The summed E-state index contributed by atoms with van der Waals surface area (Å²) in [5.41, 5.74) is 1.56. The Bertz CT molecular complexity index is 1200. The van der Waals surface area contributed by atoms with Crippen molar-refractivity contribution in [1.82, 2.24) is 9.97 Å². The Morgan fingerprint density at radius 1 is 1.29 bits per heavy atom. The van der Waals surface area contributed by atoms with Gasteiger partial charge in [0.2, 0.25) is 0 Å². The van der Waals surface area contributed by atoms with E-state index in [2.05, 4.69) is 29.1 Å². The van der Waals surface area contributed by atoms with Crippen LogP contribution in [-0.4, -0.2) is 39.3 Å². The number of aliphatic hydroxyl groups excluding tert-OH is 1. The van der Waals surface area contributed by atoms with Crippen molar-refractivity contribution in [2.24, 2.45) is 34.5 Å². The van der Waals surface area contributed by atoms with Crippen molar-refractivity contribution in [3.05, 3.63) is 42.1 Å². The number of nitrogens with zero attached hydrogens (tertiary/aromatic N) is 2. The third-order valence-electron chi connectivity index (χ3n) is 9.46. The number of rotatable bonds is 4. The second-order valence-corrected chi connectivity index (χ2v) is 12.1. The van der Waals surface area contributed by atoms with Crippen LogP contribution in [-0.2, 0) is 9.59 Å². The Labute approximate surface area is 203 Å². The minimum absolute atomic E-state index is 0.0543. The zero-order valence-corrected chi connectivity index (χ0v) is 20.5. The lowest BCUT2D eigenvalue weighted by atomic mass is 9.46. The zero-order valence-electron chi connectivity index (χ0n) is 19.7. The Hall–Kier alpha value is -2.38. The summed E-state index contributed by atoms with van der Waals surface area (Å²) in [5.74, 6) is 1.12. The van der Waals surface area contributed by atoms with Crippen molar-refractivity contribution in [3.8, 4) is 0 Å². The predicted molar refractivity (Wildman–Crippen MR) is 132 cm³/mol. The quantitative estimate of drug-likeness (QED) is 0.670. The van der Waals surface area contributed by atoms with Crippen LogP contribution in [0.5, 0.6) is 0 Å². The minimum atomic E-state index is -0.477. The SMILES string of the molecule is CC12C=CC(=O)C=C1CCC1C2[C@@H](O)CC2(C)C(C(=O)CNc3nc4cccnc4s3)CCC12. The number of anilines is 1. The van der Waals surface area contributed by atoms with E-state index in [1.807, 2.05) is 18.2 Å². The smallest absolute Gasteiger partial charge is 0.185 e. The lowest BCUT2D eigenvalue weighted by Crippen LogP contribution is -2.56. The number of nitrogens with one attached hydrogen (secondary N) is 1. The average molecular weight is 478 g/mol. The second kappa shape index (κ2) is 7.82. The third kappa shape index (κ3) is 3.23. The van der Waals surface area contributed by atoms with Gasteiger partial charge in [0.15, 0.2) is 16.7 Å². The predicted octanol–water partition coefficient (Wildman–Crippen LogP) is 4.57. The van der Waals surface area contributed by atoms with Crippen molar-refractivity contribution in [3.63, 3.8) is 0 Å². The highest BCUT2D eigenvalue weighted by Crippen LogP contribution is 2.66. The summed E-state index contributed by atoms with van der Waals surface area (Å²) in [5, 5.41) is 15.5. The summed E-state index contributed by atoms with van der Waals surface area (Å²) in [4.78, 5) is 35.2. The molecule has 3 saturated carbocycles.